The minimum atomic E-state index is -0.953. The number of nitriles is 1. The van der Waals surface area contributed by atoms with Crippen LogP contribution in [0.1, 0.15) is 33.3 Å². The second kappa shape index (κ2) is 8.98. The van der Waals surface area contributed by atoms with Crippen LogP contribution in [0.4, 0.5) is 4.39 Å². The zero-order chi connectivity index (χ0) is 25.5. The number of benzene rings is 3. The Morgan fingerprint density at radius 1 is 0.778 bits per heavy atom. The Kier molecular flexibility index (Phi) is 5.95. The van der Waals surface area contributed by atoms with Crippen LogP contribution >= 0.6 is 0 Å². The van der Waals surface area contributed by atoms with Gasteiger partial charge >= 0.3 is 7.12 Å². The van der Waals surface area contributed by atoms with Crippen LogP contribution in [0.25, 0.3) is 33.9 Å². The highest BCUT2D eigenvalue weighted by atomic mass is 19.1. The highest BCUT2D eigenvalue weighted by molar-refractivity contribution is 6.62. The van der Waals surface area contributed by atoms with Crippen LogP contribution in [0, 0.1) is 17.1 Å². The summed E-state index contributed by atoms with van der Waals surface area (Å²) in [5.41, 5.74) is 2.05. The van der Waals surface area contributed by atoms with Gasteiger partial charge in [-0.25, -0.2) is 14.4 Å². The lowest BCUT2D eigenvalue weighted by atomic mass is 9.76. The lowest BCUT2D eigenvalue weighted by molar-refractivity contribution is 0.00578. The molecule has 4 aromatic rings. The van der Waals surface area contributed by atoms with E-state index in [-0.39, 0.29) is 16.6 Å². The Morgan fingerprint density at radius 3 is 1.92 bits per heavy atom. The molecule has 0 spiro atoms. The average Bonchev–Trinajstić information content (AvgIpc) is 3.11. The molecule has 0 radical (unpaired) electrons. The molecule has 0 saturated carbocycles. The molecule has 0 atom stereocenters. The van der Waals surface area contributed by atoms with Gasteiger partial charge in [-0.1, -0.05) is 60.7 Å². The van der Waals surface area contributed by atoms with Crippen molar-refractivity contribution in [1.82, 2.24) is 9.97 Å². The molecule has 0 amide bonds. The third-order valence-corrected chi connectivity index (χ3v) is 6.84. The van der Waals surface area contributed by atoms with Gasteiger partial charge in [-0.3, -0.25) is 0 Å². The van der Waals surface area contributed by atoms with Gasteiger partial charge in [0.25, 0.3) is 0 Å². The van der Waals surface area contributed by atoms with E-state index < -0.39 is 24.1 Å². The Balaban J connectivity index is 1.70. The third-order valence-electron chi connectivity index (χ3n) is 6.84. The Labute approximate surface area is 210 Å². The summed E-state index contributed by atoms with van der Waals surface area (Å²) in [7, 11) is -0.953. The van der Waals surface area contributed by atoms with Gasteiger partial charge in [-0.2, -0.15) is 5.26 Å². The number of halogens is 1. The number of hydrogen-bond acceptors (Lipinski definition) is 5. The first-order valence-electron chi connectivity index (χ1n) is 11.8. The molecule has 36 heavy (non-hydrogen) atoms. The van der Waals surface area contributed by atoms with E-state index in [0.717, 1.165) is 11.1 Å². The van der Waals surface area contributed by atoms with Crippen LogP contribution in [0.5, 0.6) is 0 Å². The second-order valence-corrected chi connectivity index (χ2v) is 9.82. The molecule has 0 N–H and O–H groups in total. The van der Waals surface area contributed by atoms with Gasteiger partial charge in [0.15, 0.2) is 5.82 Å². The summed E-state index contributed by atoms with van der Waals surface area (Å²) in [5.74, 6) is -0.0740. The molecule has 7 heteroatoms. The first-order chi connectivity index (χ1) is 17.2. The molecule has 1 aliphatic rings. The second-order valence-electron chi connectivity index (χ2n) is 9.82. The van der Waals surface area contributed by atoms with Crippen molar-refractivity contribution in [1.29, 1.82) is 5.26 Å². The van der Waals surface area contributed by atoms with Crippen molar-refractivity contribution >= 4 is 12.6 Å². The minimum absolute atomic E-state index is 0.170. The van der Waals surface area contributed by atoms with E-state index in [0.29, 0.717) is 17.2 Å². The van der Waals surface area contributed by atoms with Gasteiger partial charge in [-0.15, -0.1) is 0 Å². The van der Waals surface area contributed by atoms with Gasteiger partial charge in [0.05, 0.1) is 34.2 Å². The number of aromatic nitrogens is 2. The highest BCUT2D eigenvalue weighted by Crippen LogP contribution is 2.37. The van der Waals surface area contributed by atoms with Crippen LogP contribution in [-0.4, -0.2) is 28.3 Å². The van der Waals surface area contributed by atoms with Gasteiger partial charge in [0, 0.05) is 22.2 Å². The van der Waals surface area contributed by atoms with Crippen molar-refractivity contribution in [2.24, 2.45) is 0 Å². The van der Waals surface area contributed by atoms with Crippen LogP contribution in [0.15, 0.2) is 78.9 Å². The predicted molar refractivity (Wildman–Crippen MR) is 139 cm³/mol. The predicted octanol–water partition coefficient (Wildman–Crippen LogP) is 5.79. The van der Waals surface area contributed by atoms with Crippen molar-refractivity contribution in [2.45, 2.75) is 38.9 Å². The molecule has 5 nitrogen and oxygen atoms in total. The quantitative estimate of drug-likeness (QED) is 0.348. The fourth-order valence-electron chi connectivity index (χ4n) is 4.10. The monoisotopic (exact) mass is 477 g/mol. The molecule has 0 aliphatic carbocycles. The highest BCUT2D eigenvalue weighted by Gasteiger charge is 2.52. The molecule has 1 fully saturated rings. The zero-order valence-corrected chi connectivity index (χ0v) is 20.6. The van der Waals surface area contributed by atoms with E-state index >= 15 is 4.39 Å². The molecule has 1 aromatic heterocycles. The topological polar surface area (TPSA) is 68.0 Å². The molecule has 0 unspecified atom stereocenters. The Bertz CT molecular complexity index is 1390. The smallest absolute Gasteiger partial charge is 0.399 e. The number of nitrogens with zero attached hydrogens (tertiary/aromatic N) is 3. The number of hydrogen-bond donors (Lipinski definition) is 0. The lowest BCUT2D eigenvalue weighted by Gasteiger charge is -2.32. The standard InChI is InChI=1S/C29H25BFN3O2/c1-28(2)29(3,4)36-30(35-28)23-16-19(18-32)15-22(26(23)31)25-17-24(20-11-7-5-8-12-20)33-27(34-25)21-13-9-6-10-14-21/h5-17H,1-4H3. The van der Waals surface area contributed by atoms with Gasteiger partial charge in [0.1, 0.15) is 5.82 Å². The van der Waals surface area contributed by atoms with Crippen molar-refractivity contribution < 1.29 is 13.7 Å². The third kappa shape index (κ3) is 4.30. The maximum atomic E-state index is 16.2. The van der Waals surface area contributed by atoms with Crippen molar-refractivity contribution in [3.63, 3.8) is 0 Å². The summed E-state index contributed by atoms with van der Waals surface area (Å²) in [6.45, 7) is 7.62. The van der Waals surface area contributed by atoms with Gasteiger partial charge < -0.3 is 9.31 Å². The van der Waals surface area contributed by atoms with Crippen LogP contribution in [0.3, 0.4) is 0 Å². The molecule has 2 heterocycles. The van der Waals surface area contributed by atoms with E-state index in [2.05, 4.69) is 6.07 Å². The fraction of sp³-hybridized carbons (Fsp3) is 0.207. The van der Waals surface area contributed by atoms with Crippen LogP contribution < -0.4 is 5.46 Å². The molecular formula is C29H25BFN3O2. The van der Waals surface area contributed by atoms with Crippen molar-refractivity contribution in [3.8, 4) is 40.0 Å². The molecular weight excluding hydrogens is 452 g/mol. The maximum absolute atomic E-state index is 16.2. The van der Waals surface area contributed by atoms with Crippen LogP contribution in [0.2, 0.25) is 0 Å². The summed E-state index contributed by atoms with van der Waals surface area (Å²) in [6.07, 6.45) is 0. The van der Waals surface area contributed by atoms with E-state index in [9.17, 15) is 5.26 Å². The number of rotatable bonds is 4. The maximum Gasteiger partial charge on any atom is 0.497 e. The summed E-state index contributed by atoms with van der Waals surface area (Å²) in [6, 6.07) is 26.1. The molecule has 178 valence electrons. The first kappa shape index (κ1) is 23.9. The SMILES string of the molecule is CC1(C)OB(c2cc(C#N)cc(-c3cc(-c4ccccc4)nc(-c4ccccc4)n3)c2F)OC1(C)C. The van der Waals surface area contributed by atoms with E-state index in [4.69, 9.17) is 19.3 Å². The summed E-state index contributed by atoms with van der Waals surface area (Å²) >= 11 is 0. The van der Waals surface area contributed by atoms with Gasteiger partial charge in [-0.05, 0) is 45.9 Å². The van der Waals surface area contributed by atoms with E-state index in [1.54, 1.807) is 6.07 Å². The molecule has 1 saturated heterocycles. The van der Waals surface area contributed by atoms with Crippen molar-refractivity contribution in [3.05, 3.63) is 90.2 Å². The van der Waals surface area contributed by atoms with E-state index in [1.165, 1.54) is 12.1 Å². The van der Waals surface area contributed by atoms with Crippen LogP contribution in [-0.2, 0) is 9.31 Å². The minimum Gasteiger partial charge on any atom is -0.399 e. The summed E-state index contributed by atoms with van der Waals surface area (Å²) < 4.78 is 28.4. The lowest BCUT2D eigenvalue weighted by Crippen LogP contribution is -2.41. The molecule has 1 aliphatic heterocycles. The Morgan fingerprint density at radius 2 is 1.33 bits per heavy atom. The average molecular weight is 477 g/mol. The normalized spacial score (nSPS) is 16.1. The Hall–Kier alpha value is -3.86. The van der Waals surface area contributed by atoms with E-state index in [1.807, 2.05) is 88.4 Å². The first-order valence-corrected chi connectivity index (χ1v) is 11.8. The molecule has 0 bridgehead atoms. The summed E-state index contributed by atoms with van der Waals surface area (Å²) in [4.78, 5) is 9.48. The fourth-order valence-corrected chi connectivity index (χ4v) is 4.10. The van der Waals surface area contributed by atoms with Crippen molar-refractivity contribution in [2.75, 3.05) is 0 Å². The van der Waals surface area contributed by atoms with Gasteiger partial charge in [0.2, 0.25) is 0 Å². The molecule has 5 rings (SSSR count). The zero-order valence-electron chi connectivity index (χ0n) is 20.6. The molecule has 3 aromatic carbocycles. The summed E-state index contributed by atoms with van der Waals surface area (Å²) in [5, 5.41) is 9.75. The largest absolute Gasteiger partial charge is 0.497 e.